The zero-order chi connectivity index (χ0) is 14.7. The number of benzene rings is 1. The number of anilines is 1. The molecule has 0 saturated heterocycles. The molecule has 1 aromatic rings. The fraction of sp³-hybridized carbons (Fsp3) is 0.455. The Bertz CT molecular complexity index is 529. The van der Waals surface area contributed by atoms with Gasteiger partial charge in [-0.2, -0.15) is 13.2 Å². The maximum Gasteiger partial charge on any atom is 0.501 e. The Balaban J connectivity index is 3.03. The molecule has 108 valence electrons. The van der Waals surface area contributed by atoms with Crippen LogP contribution in [-0.2, 0) is 9.84 Å². The van der Waals surface area contributed by atoms with Crippen LogP contribution in [0.2, 0.25) is 0 Å². The highest BCUT2D eigenvalue weighted by atomic mass is 35.5. The lowest BCUT2D eigenvalue weighted by molar-refractivity contribution is -0.0435. The summed E-state index contributed by atoms with van der Waals surface area (Å²) in [6, 6.07) is 4.92. The standard InChI is InChI=1S/C11H13ClF3NO2S/c1-8(12)6-7-16-9-4-2-3-5-10(9)19(17,18)11(13,14)15/h2-5,8,16H,6-7H2,1H3. The van der Waals surface area contributed by atoms with Crippen molar-refractivity contribution >= 4 is 27.1 Å². The molecule has 1 atom stereocenters. The van der Waals surface area contributed by atoms with Gasteiger partial charge in [-0.25, -0.2) is 8.42 Å². The Hall–Kier alpha value is -0.950. The van der Waals surface area contributed by atoms with Gasteiger partial charge in [0, 0.05) is 11.9 Å². The lowest BCUT2D eigenvalue weighted by Gasteiger charge is -2.14. The predicted octanol–water partition coefficient (Wildman–Crippen LogP) is 3.41. The van der Waals surface area contributed by atoms with Gasteiger partial charge in [0.05, 0.1) is 10.6 Å². The number of nitrogens with one attached hydrogen (secondary N) is 1. The van der Waals surface area contributed by atoms with E-state index in [4.69, 9.17) is 11.6 Å². The van der Waals surface area contributed by atoms with Crippen molar-refractivity contribution in [3.8, 4) is 0 Å². The van der Waals surface area contributed by atoms with E-state index in [9.17, 15) is 21.6 Å². The summed E-state index contributed by atoms with van der Waals surface area (Å²) in [7, 11) is -5.35. The molecule has 0 spiro atoms. The fourth-order valence-corrected chi connectivity index (χ4v) is 2.42. The SMILES string of the molecule is CC(Cl)CCNc1ccccc1S(=O)(=O)C(F)(F)F. The summed E-state index contributed by atoms with van der Waals surface area (Å²) in [6.07, 6.45) is 0.502. The van der Waals surface area contributed by atoms with Crippen molar-refractivity contribution in [3.05, 3.63) is 24.3 Å². The van der Waals surface area contributed by atoms with Gasteiger partial charge in [-0.05, 0) is 25.5 Å². The zero-order valence-electron chi connectivity index (χ0n) is 10.0. The predicted molar refractivity (Wildman–Crippen MR) is 68.1 cm³/mol. The van der Waals surface area contributed by atoms with E-state index in [1.165, 1.54) is 18.2 Å². The first kappa shape index (κ1) is 16.1. The molecule has 0 aliphatic carbocycles. The molecule has 0 amide bonds. The smallest absolute Gasteiger partial charge is 0.384 e. The van der Waals surface area contributed by atoms with Gasteiger partial charge >= 0.3 is 5.51 Å². The van der Waals surface area contributed by atoms with E-state index in [2.05, 4.69) is 5.32 Å². The van der Waals surface area contributed by atoms with Crippen LogP contribution in [0.1, 0.15) is 13.3 Å². The third kappa shape index (κ3) is 4.01. The third-order valence-electron chi connectivity index (χ3n) is 2.34. The molecule has 1 N–H and O–H groups in total. The number of sulfone groups is 1. The van der Waals surface area contributed by atoms with Crippen molar-refractivity contribution < 1.29 is 21.6 Å². The summed E-state index contributed by atoms with van der Waals surface area (Å²) < 4.78 is 60.3. The molecule has 1 rings (SSSR count). The van der Waals surface area contributed by atoms with Crippen LogP contribution >= 0.6 is 11.6 Å². The number of rotatable bonds is 5. The largest absolute Gasteiger partial charge is 0.501 e. The molecule has 1 aromatic carbocycles. The van der Waals surface area contributed by atoms with Gasteiger partial charge < -0.3 is 5.32 Å². The first-order valence-corrected chi connectivity index (χ1v) is 7.36. The van der Waals surface area contributed by atoms with Crippen molar-refractivity contribution in [2.45, 2.75) is 29.1 Å². The Labute approximate surface area is 114 Å². The van der Waals surface area contributed by atoms with Gasteiger partial charge in [0.2, 0.25) is 0 Å². The summed E-state index contributed by atoms with van der Waals surface area (Å²) in [6.45, 7) is 2.02. The fourth-order valence-electron chi connectivity index (χ4n) is 1.38. The Morgan fingerprint density at radius 3 is 2.42 bits per heavy atom. The van der Waals surface area contributed by atoms with Crippen LogP contribution in [0.4, 0.5) is 18.9 Å². The normalized spacial score (nSPS) is 14.2. The number of hydrogen-bond donors (Lipinski definition) is 1. The van der Waals surface area contributed by atoms with E-state index in [0.29, 0.717) is 6.42 Å². The highest BCUT2D eigenvalue weighted by molar-refractivity contribution is 7.92. The first-order valence-electron chi connectivity index (χ1n) is 5.44. The molecule has 0 aliphatic rings. The summed E-state index contributed by atoms with van der Waals surface area (Å²) >= 11 is 5.71. The maximum absolute atomic E-state index is 12.5. The van der Waals surface area contributed by atoms with Gasteiger partial charge in [0.15, 0.2) is 0 Å². The minimum atomic E-state index is -5.35. The first-order chi connectivity index (χ1) is 8.66. The van der Waals surface area contributed by atoms with Crippen LogP contribution < -0.4 is 5.32 Å². The second-order valence-corrected chi connectivity index (χ2v) is 6.60. The van der Waals surface area contributed by atoms with Crippen molar-refractivity contribution in [1.82, 2.24) is 0 Å². The molecule has 0 aliphatic heterocycles. The van der Waals surface area contributed by atoms with Crippen LogP contribution in [0, 0.1) is 0 Å². The van der Waals surface area contributed by atoms with Crippen molar-refractivity contribution in [2.75, 3.05) is 11.9 Å². The van der Waals surface area contributed by atoms with Gasteiger partial charge in [0.1, 0.15) is 0 Å². The van der Waals surface area contributed by atoms with E-state index in [1.54, 1.807) is 6.92 Å². The Morgan fingerprint density at radius 1 is 1.32 bits per heavy atom. The summed E-state index contributed by atoms with van der Waals surface area (Å²) in [4.78, 5) is -0.773. The second kappa shape index (κ2) is 6.00. The summed E-state index contributed by atoms with van der Waals surface area (Å²) in [5.74, 6) is 0. The molecule has 0 radical (unpaired) electrons. The van der Waals surface area contributed by atoms with Crippen LogP contribution in [0.5, 0.6) is 0 Å². The van der Waals surface area contributed by atoms with Crippen LogP contribution in [0.25, 0.3) is 0 Å². The third-order valence-corrected chi connectivity index (χ3v) is 4.10. The highest BCUT2D eigenvalue weighted by Crippen LogP contribution is 2.34. The average molecular weight is 316 g/mol. The molecule has 19 heavy (non-hydrogen) atoms. The highest BCUT2D eigenvalue weighted by Gasteiger charge is 2.47. The lowest BCUT2D eigenvalue weighted by atomic mass is 10.3. The van der Waals surface area contributed by atoms with E-state index in [-0.39, 0.29) is 17.6 Å². The summed E-state index contributed by atoms with van der Waals surface area (Å²) in [5, 5.41) is 2.51. The van der Waals surface area contributed by atoms with Crippen LogP contribution in [-0.4, -0.2) is 25.8 Å². The quantitative estimate of drug-likeness (QED) is 0.847. The molecule has 3 nitrogen and oxygen atoms in total. The monoisotopic (exact) mass is 315 g/mol. The van der Waals surface area contributed by atoms with E-state index < -0.39 is 20.2 Å². The topological polar surface area (TPSA) is 46.2 Å². The number of para-hydroxylation sites is 1. The number of alkyl halides is 4. The number of halogens is 4. The molecule has 0 heterocycles. The maximum atomic E-state index is 12.5. The van der Waals surface area contributed by atoms with Gasteiger partial charge in [-0.15, -0.1) is 11.6 Å². The van der Waals surface area contributed by atoms with Crippen LogP contribution in [0.3, 0.4) is 0 Å². The molecule has 0 bridgehead atoms. The van der Waals surface area contributed by atoms with Gasteiger partial charge in [-0.3, -0.25) is 0 Å². The minimum Gasteiger partial charge on any atom is -0.384 e. The molecule has 0 saturated carbocycles. The molecule has 0 fully saturated rings. The van der Waals surface area contributed by atoms with E-state index >= 15 is 0 Å². The average Bonchev–Trinajstić information content (AvgIpc) is 2.27. The van der Waals surface area contributed by atoms with Gasteiger partial charge in [-0.1, -0.05) is 12.1 Å². The van der Waals surface area contributed by atoms with Crippen LogP contribution in [0.15, 0.2) is 29.2 Å². The molecule has 8 heteroatoms. The van der Waals surface area contributed by atoms with Gasteiger partial charge in [0.25, 0.3) is 9.84 Å². The second-order valence-electron chi connectivity index (χ2n) is 3.94. The Kier molecular flexibility index (Phi) is 5.09. The number of hydrogen-bond acceptors (Lipinski definition) is 3. The van der Waals surface area contributed by atoms with Crippen molar-refractivity contribution in [1.29, 1.82) is 0 Å². The molecular weight excluding hydrogens is 303 g/mol. The Morgan fingerprint density at radius 2 is 1.89 bits per heavy atom. The molecule has 1 unspecified atom stereocenters. The zero-order valence-corrected chi connectivity index (χ0v) is 11.6. The summed E-state index contributed by atoms with van der Waals surface area (Å²) in [5.41, 5.74) is -5.39. The van der Waals surface area contributed by atoms with Crippen molar-refractivity contribution in [3.63, 3.8) is 0 Å². The van der Waals surface area contributed by atoms with E-state index in [0.717, 1.165) is 6.07 Å². The lowest BCUT2D eigenvalue weighted by Crippen LogP contribution is -2.24. The molecular formula is C11H13ClF3NO2S. The van der Waals surface area contributed by atoms with E-state index in [1.807, 2.05) is 0 Å². The van der Waals surface area contributed by atoms with Crippen molar-refractivity contribution in [2.24, 2.45) is 0 Å². The molecule has 0 aromatic heterocycles. The minimum absolute atomic E-state index is 0.0721.